The topological polar surface area (TPSA) is 150 Å². The molecule has 98 valence electrons. The van der Waals surface area contributed by atoms with E-state index in [9.17, 15) is 9.90 Å². The van der Waals surface area contributed by atoms with Crippen molar-refractivity contribution in [1.82, 2.24) is 0 Å². The maximum absolute atomic E-state index is 10.0. The van der Waals surface area contributed by atoms with Crippen LogP contribution in [0.4, 0.5) is 0 Å². The van der Waals surface area contributed by atoms with E-state index in [1.807, 2.05) is 21.1 Å². The summed E-state index contributed by atoms with van der Waals surface area (Å²) in [5, 5.41) is 19.1. The Morgan fingerprint density at radius 3 is 1.81 bits per heavy atom. The maximum atomic E-state index is 10.0. The standard InChI is InChI=1S/C7H15NO3.ClHO4/c1-8(2,3)5-6(9)4-7(10)11;2-1(3,4)5/h6,9H,4-5H2,1-3H3;(H,2,3,4,5). The van der Waals surface area contributed by atoms with Crippen LogP contribution in [0.5, 0.6) is 0 Å². The fourth-order valence-corrected chi connectivity index (χ4v) is 0.889. The summed E-state index contributed by atoms with van der Waals surface area (Å²) >= 11 is 0. The molecule has 0 aliphatic rings. The van der Waals surface area contributed by atoms with Crippen LogP contribution in [-0.4, -0.2) is 54.0 Å². The highest BCUT2D eigenvalue weighted by Crippen LogP contribution is 1.97. The van der Waals surface area contributed by atoms with Gasteiger partial charge in [-0.15, -0.1) is 0 Å². The van der Waals surface area contributed by atoms with Gasteiger partial charge in [0.2, 0.25) is 0 Å². The van der Waals surface area contributed by atoms with Gasteiger partial charge in [-0.3, -0.25) is 0 Å². The summed E-state index contributed by atoms with van der Waals surface area (Å²) in [5.74, 6) is -1.20. The molecule has 0 saturated carbocycles. The minimum atomic E-state index is -4.69. The molecule has 0 aromatic heterocycles. The van der Waals surface area contributed by atoms with Crippen molar-refractivity contribution >= 4 is 5.97 Å². The van der Waals surface area contributed by atoms with Gasteiger partial charge in [0.15, 0.2) is 0 Å². The quantitative estimate of drug-likeness (QED) is 0.478. The first-order valence-electron chi connectivity index (χ1n) is 4.13. The van der Waals surface area contributed by atoms with E-state index in [2.05, 4.69) is 0 Å². The van der Waals surface area contributed by atoms with Crippen LogP contribution in [0.15, 0.2) is 0 Å². The Morgan fingerprint density at radius 1 is 1.31 bits per heavy atom. The lowest BCUT2D eigenvalue weighted by Crippen LogP contribution is -2.58. The van der Waals surface area contributed by atoms with E-state index < -0.39 is 22.3 Å². The molecule has 0 rings (SSSR count). The van der Waals surface area contributed by atoms with E-state index in [1.54, 1.807) is 0 Å². The van der Waals surface area contributed by atoms with E-state index in [1.165, 1.54) is 0 Å². The molecule has 0 heterocycles. The van der Waals surface area contributed by atoms with Gasteiger partial charge >= 0.3 is 0 Å². The first-order valence-corrected chi connectivity index (χ1v) is 5.39. The number of aliphatic hydroxyl groups excluding tert-OH is 1. The first kappa shape index (κ1) is 17.9. The highest BCUT2D eigenvalue weighted by atomic mass is 35.7. The van der Waals surface area contributed by atoms with Crippen LogP contribution in [0.25, 0.3) is 0 Å². The Bertz CT molecular complexity index is 204. The summed E-state index contributed by atoms with van der Waals surface area (Å²) in [4.78, 5) is 10.0. The normalized spacial score (nSPS) is 13.8. The van der Waals surface area contributed by atoms with E-state index in [-0.39, 0.29) is 6.42 Å². The van der Waals surface area contributed by atoms with Crippen LogP contribution < -0.4 is 19.1 Å². The molecule has 0 amide bonds. The number of aliphatic carboxylic acids is 1. The molecule has 0 aromatic carbocycles. The molecule has 1 atom stereocenters. The molecule has 0 fully saturated rings. The van der Waals surface area contributed by atoms with Crippen molar-refractivity contribution in [2.75, 3.05) is 27.7 Å². The van der Waals surface area contributed by atoms with Crippen molar-refractivity contribution in [1.29, 1.82) is 0 Å². The van der Waals surface area contributed by atoms with Gasteiger partial charge in [-0.05, 0) is 0 Å². The summed E-state index contributed by atoms with van der Waals surface area (Å²) < 4.78 is 33.3. The molecule has 0 aromatic rings. The van der Waals surface area contributed by atoms with Crippen LogP contribution >= 0.6 is 0 Å². The number of carbonyl (C=O) groups excluding carboxylic acids is 1. The van der Waals surface area contributed by atoms with Crippen molar-refractivity contribution in [2.24, 2.45) is 0 Å². The SMILES string of the molecule is C[N+](C)(C)CC(O)CC(=O)[O-].[O-][Cl+3]([O-])([O-])O. The average Bonchev–Trinajstić information content (AvgIpc) is 1.72. The Balaban J connectivity index is 0. The molecule has 0 aliphatic carbocycles. The number of halogens is 1. The predicted molar refractivity (Wildman–Crippen MR) is 40.7 cm³/mol. The zero-order valence-corrected chi connectivity index (χ0v) is 10.0. The molecule has 0 bridgehead atoms. The molecule has 1 unspecified atom stereocenters. The molecular weight excluding hydrogens is 246 g/mol. The van der Waals surface area contributed by atoms with E-state index >= 15 is 0 Å². The lowest BCUT2D eigenvalue weighted by atomic mass is 10.2. The number of carbonyl (C=O) groups is 1. The van der Waals surface area contributed by atoms with E-state index in [0.29, 0.717) is 11.0 Å². The van der Waals surface area contributed by atoms with Gasteiger partial charge < -0.3 is 19.5 Å². The van der Waals surface area contributed by atoms with E-state index in [4.69, 9.17) is 23.7 Å². The van der Waals surface area contributed by atoms with Crippen LogP contribution in [0, 0.1) is 10.2 Å². The predicted octanol–water partition coefficient (Wildman–Crippen LogP) is -5.93. The molecule has 0 radical (unpaired) electrons. The van der Waals surface area contributed by atoms with Crippen molar-refractivity contribution < 1.29 is 48.4 Å². The summed E-state index contributed by atoms with van der Waals surface area (Å²) in [7, 11) is 0.968. The highest BCUT2D eigenvalue weighted by molar-refractivity contribution is 5.64. The van der Waals surface area contributed by atoms with Gasteiger partial charge in [0.1, 0.15) is 12.6 Å². The fourth-order valence-electron chi connectivity index (χ4n) is 0.889. The number of carboxylic acids is 1. The number of nitrogens with zero attached hydrogens (tertiary/aromatic N) is 1. The second kappa shape index (κ2) is 6.97. The van der Waals surface area contributed by atoms with Crippen molar-refractivity contribution in [2.45, 2.75) is 12.5 Å². The average molecular weight is 262 g/mol. The Hall–Kier alpha value is -0.480. The molecule has 8 nitrogen and oxygen atoms in total. The number of rotatable bonds is 4. The van der Waals surface area contributed by atoms with Crippen LogP contribution in [0.1, 0.15) is 6.42 Å². The van der Waals surface area contributed by atoms with Gasteiger partial charge in [0.25, 0.3) is 0 Å². The third-order valence-corrected chi connectivity index (χ3v) is 1.16. The largest absolute Gasteiger partial charge is 0.550 e. The van der Waals surface area contributed by atoms with Gasteiger partial charge in [0, 0.05) is 12.4 Å². The number of carboxylic acid groups (broad SMARTS) is 1. The lowest BCUT2D eigenvalue weighted by Gasteiger charge is -2.26. The number of aliphatic hydroxyl groups is 1. The van der Waals surface area contributed by atoms with Crippen molar-refractivity contribution in [3.63, 3.8) is 0 Å². The number of hydrogen-bond acceptors (Lipinski definition) is 7. The Labute approximate surface area is 95.3 Å². The molecule has 0 aliphatic heterocycles. The molecule has 0 saturated heterocycles. The van der Waals surface area contributed by atoms with Crippen LogP contribution in [0.2, 0.25) is 0 Å². The van der Waals surface area contributed by atoms with Crippen molar-refractivity contribution in [3.8, 4) is 0 Å². The van der Waals surface area contributed by atoms with Gasteiger partial charge in [-0.1, -0.05) is 0 Å². The third-order valence-electron chi connectivity index (χ3n) is 1.16. The van der Waals surface area contributed by atoms with Gasteiger partial charge in [0.05, 0.1) is 36.0 Å². The Morgan fingerprint density at radius 2 is 1.62 bits per heavy atom. The molecule has 9 heteroatoms. The smallest absolute Gasteiger partial charge is 0.108 e. The Kier molecular flexibility index (Phi) is 7.79. The summed E-state index contributed by atoms with van der Waals surface area (Å²) in [6.07, 6.45) is -1.09. The lowest BCUT2D eigenvalue weighted by molar-refractivity contribution is -1.92. The minimum Gasteiger partial charge on any atom is -0.550 e. The number of likely N-dealkylation sites (N-methyl/N-ethyl adjacent to an activating group) is 1. The summed E-state index contributed by atoms with van der Waals surface area (Å²) in [6, 6.07) is 0. The van der Waals surface area contributed by atoms with Gasteiger partial charge in [-0.2, -0.15) is 14.0 Å². The number of quaternary nitrogens is 1. The van der Waals surface area contributed by atoms with Crippen LogP contribution in [-0.2, 0) is 4.79 Å². The summed E-state index contributed by atoms with van der Waals surface area (Å²) in [6.45, 7) is 0.425. The molecule has 16 heavy (non-hydrogen) atoms. The zero-order chi connectivity index (χ0) is 13.6. The molecular formula is C7H16ClNO7. The molecule has 0 spiro atoms. The second-order valence-corrected chi connectivity index (χ2v) is 4.89. The highest BCUT2D eigenvalue weighted by Gasteiger charge is 2.14. The fraction of sp³-hybridized carbons (Fsp3) is 0.857. The van der Waals surface area contributed by atoms with Crippen molar-refractivity contribution in [3.05, 3.63) is 0 Å². The monoisotopic (exact) mass is 261 g/mol. The maximum Gasteiger partial charge on any atom is 0.108 e. The van der Waals surface area contributed by atoms with Gasteiger partial charge in [-0.25, -0.2) is 0 Å². The second-order valence-electron chi connectivity index (χ2n) is 4.10. The third kappa shape index (κ3) is 29.2. The zero-order valence-electron chi connectivity index (χ0n) is 9.25. The van der Waals surface area contributed by atoms with E-state index in [0.717, 1.165) is 0 Å². The van der Waals surface area contributed by atoms with Crippen LogP contribution in [0.3, 0.4) is 0 Å². The minimum absolute atomic E-state index is 0.282. The first-order chi connectivity index (χ1) is 6.81. The molecule has 2 N–H and O–H groups in total. The number of hydrogen-bond donors (Lipinski definition) is 2. The summed E-state index contributed by atoms with van der Waals surface area (Å²) in [5.41, 5.74) is 0.